The quantitative estimate of drug-likeness (QED) is 0.503. The van der Waals surface area contributed by atoms with Gasteiger partial charge in [0.25, 0.3) is 0 Å². The zero-order valence-electron chi connectivity index (χ0n) is 17.5. The molecule has 2 amide bonds. The van der Waals surface area contributed by atoms with Crippen LogP contribution in [0.1, 0.15) is 42.6 Å². The normalized spacial score (nSPS) is 18.8. The molecule has 1 heterocycles. The summed E-state index contributed by atoms with van der Waals surface area (Å²) < 4.78 is 37.8. The van der Waals surface area contributed by atoms with Crippen LogP contribution in [0.2, 0.25) is 0 Å². The molecule has 0 aromatic heterocycles. The Morgan fingerprint density at radius 1 is 1.19 bits per heavy atom. The molecule has 0 bridgehead atoms. The molecule has 0 saturated heterocycles. The van der Waals surface area contributed by atoms with E-state index in [0.29, 0.717) is 5.56 Å². The van der Waals surface area contributed by atoms with E-state index >= 15 is 0 Å². The maximum Gasteiger partial charge on any atom is 0.338 e. The van der Waals surface area contributed by atoms with Crippen LogP contribution >= 0.6 is 0 Å². The van der Waals surface area contributed by atoms with Gasteiger partial charge in [-0.2, -0.15) is 0 Å². The summed E-state index contributed by atoms with van der Waals surface area (Å²) in [7, 11) is -3.74. The van der Waals surface area contributed by atoms with Crippen molar-refractivity contribution in [3.63, 3.8) is 0 Å². The molecule has 11 heteroatoms. The van der Waals surface area contributed by atoms with E-state index in [0.717, 1.165) is 12.8 Å². The lowest BCUT2D eigenvalue weighted by molar-refractivity contribution is -0.139. The lowest BCUT2D eigenvalue weighted by Gasteiger charge is -2.26. The monoisotopic (exact) mass is 451 g/mol. The predicted molar refractivity (Wildman–Crippen MR) is 110 cm³/mol. The third kappa shape index (κ3) is 5.42. The number of rotatable bonds is 8. The van der Waals surface area contributed by atoms with E-state index in [9.17, 15) is 22.8 Å². The maximum atomic E-state index is 12.7. The first-order chi connectivity index (χ1) is 14.6. The van der Waals surface area contributed by atoms with Gasteiger partial charge in [0, 0.05) is 6.04 Å². The van der Waals surface area contributed by atoms with Gasteiger partial charge in [0.2, 0.25) is 10.0 Å². The zero-order chi connectivity index (χ0) is 22.8. The summed E-state index contributed by atoms with van der Waals surface area (Å²) in [6, 6.07) is 2.96. The summed E-state index contributed by atoms with van der Waals surface area (Å²) in [5.41, 5.74) is 0.860. The zero-order valence-corrected chi connectivity index (χ0v) is 18.3. The van der Waals surface area contributed by atoms with Crippen molar-refractivity contribution in [1.29, 1.82) is 0 Å². The minimum absolute atomic E-state index is 0.0350. The number of ether oxygens (including phenoxy) is 2. The molecule has 31 heavy (non-hydrogen) atoms. The van der Waals surface area contributed by atoms with Crippen LogP contribution in [-0.4, -0.2) is 51.7 Å². The van der Waals surface area contributed by atoms with Gasteiger partial charge in [-0.15, -0.1) is 0 Å². The predicted octanol–water partition coefficient (Wildman–Crippen LogP) is 1.11. The van der Waals surface area contributed by atoms with Gasteiger partial charge in [0.1, 0.15) is 6.61 Å². The van der Waals surface area contributed by atoms with Crippen LogP contribution in [0.3, 0.4) is 0 Å². The van der Waals surface area contributed by atoms with E-state index in [1.807, 2.05) is 0 Å². The van der Waals surface area contributed by atoms with Crippen molar-refractivity contribution in [2.24, 2.45) is 0 Å². The molecule has 1 unspecified atom stereocenters. The Kier molecular flexibility index (Phi) is 6.65. The molecule has 1 aliphatic carbocycles. The topological polar surface area (TPSA) is 140 Å². The Morgan fingerprint density at radius 3 is 2.55 bits per heavy atom. The molecular formula is C20H25N3O7S. The SMILES string of the molecule is CCOC(=O)C1=C(COC(=O)c2cc(S(=O)(=O)NC3CC3)ccc2C)NC(=O)NC1C. The summed E-state index contributed by atoms with van der Waals surface area (Å²) in [5.74, 6) is -1.42. The number of sulfonamides is 1. The van der Waals surface area contributed by atoms with E-state index in [1.54, 1.807) is 20.8 Å². The van der Waals surface area contributed by atoms with Crippen molar-refractivity contribution in [1.82, 2.24) is 15.4 Å². The Morgan fingerprint density at radius 2 is 1.90 bits per heavy atom. The minimum Gasteiger partial charge on any atom is -0.463 e. The highest BCUT2D eigenvalue weighted by molar-refractivity contribution is 7.89. The summed E-state index contributed by atoms with van der Waals surface area (Å²) in [6.07, 6.45) is 1.58. The Balaban J connectivity index is 1.80. The van der Waals surface area contributed by atoms with Crippen LogP contribution in [-0.2, 0) is 24.3 Å². The number of amides is 2. The van der Waals surface area contributed by atoms with Crippen molar-refractivity contribution < 1.29 is 32.3 Å². The molecule has 1 fully saturated rings. The Labute approximate surface area is 180 Å². The largest absolute Gasteiger partial charge is 0.463 e. The molecule has 1 aromatic carbocycles. The van der Waals surface area contributed by atoms with Crippen LogP contribution in [0.5, 0.6) is 0 Å². The van der Waals surface area contributed by atoms with Crippen molar-refractivity contribution >= 4 is 28.0 Å². The summed E-state index contributed by atoms with van der Waals surface area (Å²) in [6.45, 7) is 4.67. The highest BCUT2D eigenvalue weighted by Crippen LogP contribution is 2.24. The summed E-state index contributed by atoms with van der Waals surface area (Å²) >= 11 is 0. The van der Waals surface area contributed by atoms with Gasteiger partial charge in [0.15, 0.2) is 0 Å². The molecule has 168 valence electrons. The van der Waals surface area contributed by atoms with Crippen LogP contribution in [0.25, 0.3) is 0 Å². The molecular weight excluding hydrogens is 426 g/mol. The first-order valence-electron chi connectivity index (χ1n) is 9.90. The van der Waals surface area contributed by atoms with Crippen molar-refractivity contribution in [2.75, 3.05) is 13.2 Å². The highest BCUT2D eigenvalue weighted by atomic mass is 32.2. The molecule has 3 rings (SSSR count). The number of hydrogen-bond donors (Lipinski definition) is 3. The fraction of sp³-hybridized carbons (Fsp3) is 0.450. The van der Waals surface area contributed by atoms with Gasteiger partial charge < -0.3 is 20.1 Å². The average molecular weight is 452 g/mol. The summed E-state index contributed by atoms with van der Waals surface area (Å²) in [4.78, 5) is 36.7. The van der Waals surface area contributed by atoms with Gasteiger partial charge in [-0.25, -0.2) is 27.5 Å². The van der Waals surface area contributed by atoms with Crippen molar-refractivity contribution in [3.8, 4) is 0 Å². The van der Waals surface area contributed by atoms with Gasteiger partial charge in [0.05, 0.1) is 34.4 Å². The molecule has 3 N–H and O–H groups in total. The Hall–Kier alpha value is -2.92. The second-order valence-corrected chi connectivity index (χ2v) is 9.10. The molecule has 10 nitrogen and oxygen atoms in total. The van der Waals surface area contributed by atoms with Crippen LogP contribution < -0.4 is 15.4 Å². The molecule has 1 aliphatic heterocycles. The van der Waals surface area contributed by atoms with E-state index < -0.39 is 34.0 Å². The number of aryl methyl sites for hydroxylation is 1. The van der Waals surface area contributed by atoms with E-state index in [2.05, 4.69) is 15.4 Å². The molecule has 1 saturated carbocycles. The Bertz CT molecular complexity index is 1040. The number of carbonyl (C=O) groups excluding carboxylic acids is 3. The van der Waals surface area contributed by atoms with E-state index in [4.69, 9.17) is 9.47 Å². The number of nitrogens with one attached hydrogen (secondary N) is 3. The molecule has 0 spiro atoms. The van der Waals surface area contributed by atoms with Gasteiger partial charge in [-0.05, 0) is 51.3 Å². The molecule has 1 aromatic rings. The second kappa shape index (κ2) is 9.06. The minimum atomic E-state index is -3.74. The highest BCUT2D eigenvalue weighted by Gasteiger charge is 2.31. The standard InChI is InChI=1S/C20H25N3O7S/c1-4-29-19(25)17-12(3)21-20(26)22-16(17)10-30-18(24)15-9-14(8-5-11(15)2)31(27,28)23-13-6-7-13/h5,8-9,12-13,23H,4,6-7,10H2,1-3H3,(H2,21,22,26). The van der Waals surface area contributed by atoms with Crippen LogP contribution in [0, 0.1) is 6.92 Å². The molecule has 1 atom stereocenters. The molecule has 2 aliphatic rings. The third-order valence-electron chi connectivity index (χ3n) is 4.85. The number of carbonyl (C=O) groups is 3. The smallest absolute Gasteiger partial charge is 0.338 e. The van der Waals surface area contributed by atoms with Crippen LogP contribution in [0.15, 0.2) is 34.4 Å². The lowest BCUT2D eigenvalue weighted by Crippen LogP contribution is -2.50. The second-order valence-electron chi connectivity index (χ2n) is 7.38. The van der Waals surface area contributed by atoms with Crippen LogP contribution in [0.4, 0.5) is 4.79 Å². The maximum absolute atomic E-state index is 12.7. The fourth-order valence-electron chi connectivity index (χ4n) is 3.09. The number of hydrogen-bond acceptors (Lipinski definition) is 7. The third-order valence-corrected chi connectivity index (χ3v) is 6.37. The summed E-state index contributed by atoms with van der Waals surface area (Å²) in [5, 5.41) is 5.02. The first kappa shape index (κ1) is 22.8. The first-order valence-corrected chi connectivity index (χ1v) is 11.4. The van der Waals surface area contributed by atoms with Gasteiger partial charge in [-0.1, -0.05) is 6.07 Å². The lowest BCUT2D eigenvalue weighted by atomic mass is 10.0. The average Bonchev–Trinajstić information content (AvgIpc) is 3.49. The fourth-order valence-corrected chi connectivity index (χ4v) is 4.42. The van der Waals surface area contributed by atoms with E-state index in [1.165, 1.54) is 18.2 Å². The number of benzene rings is 1. The van der Waals surface area contributed by atoms with Gasteiger partial charge >= 0.3 is 18.0 Å². The van der Waals surface area contributed by atoms with E-state index in [-0.39, 0.29) is 41.0 Å². The van der Waals surface area contributed by atoms with Crippen molar-refractivity contribution in [2.45, 2.75) is 50.6 Å². The number of esters is 2. The van der Waals surface area contributed by atoms with Crippen molar-refractivity contribution in [3.05, 3.63) is 40.6 Å². The molecule has 0 radical (unpaired) electrons. The number of urea groups is 1. The van der Waals surface area contributed by atoms with Gasteiger partial charge in [-0.3, -0.25) is 0 Å².